The molecule has 0 spiro atoms. The van der Waals surface area contributed by atoms with E-state index in [1.807, 2.05) is 13.1 Å². The van der Waals surface area contributed by atoms with Crippen LogP contribution in [0.5, 0.6) is 0 Å². The molecule has 0 atom stereocenters. The summed E-state index contributed by atoms with van der Waals surface area (Å²) in [4.78, 5) is 9.39. The molecular formula is C14H20IN5. The molecule has 1 N–H and O–H groups in total. The first-order valence-electron chi connectivity index (χ1n) is 6.84. The number of rotatable bonds is 5. The highest BCUT2D eigenvalue weighted by Crippen LogP contribution is 2.28. The second-order valence-electron chi connectivity index (χ2n) is 5.02. The Hall–Kier alpha value is -1.18. The molecule has 2 rings (SSSR count). The van der Waals surface area contributed by atoms with E-state index >= 15 is 0 Å². The fraction of sp³-hybridized carbons (Fsp3) is 0.500. The number of halogens is 1. The number of aryl methyl sites for hydroxylation is 1. The van der Waals surface area contributed by atoms with Crippen LogP contribution >= 0.6 is 22.6 Å². The first-order chi connectivity index (χ1) is 9.54. The summed E-state index contributed by atoms with van der Waals surface area (Å²) >= 11 is 2.33. The predicted molar refractivity (Wildman–Crippen MR) is 89.8 cm³/mol. The Morgan fingerprint density at radius 1 is 1.35 bits per heavy atom. The van der Waals surface area contributed by atoms with E-state index < -0.39 is 0 Å². The average Bonchev–Trinajstić information content (AvgIpc) is 2.83. The molecule has 0 aliphatic carbocycles. The molecule has 0 aromatic carbocycles. The van der Waals surface area contributed by atoms with Crippen molar-refractivity contribution >= 4 is 28.4 Å². The van der Waals surface area contributed by atoms with Gasteiger partial charge in [0.1, 0.15) is 11.5 Å². The maximum Gasteiger partial charge on any atom is 0.180 e. The van der Waals surface area contributed by atoms with Crippen molar-refractivity contribution in [2.24, 2.45) is 7.05 Å². The molecule has 6 heteroatoms. The highest BCUT2D eigenvalue weighted by Gasteiger charge is 2.16. The van der Waals surface area contributed by atoms with Gasteiger partial charge in [-0.15, -0.1) is 0 Å². The van der Waals surface area contributed by atoms with Crippen molar-refractivity contribution in [2.45, 2.75) is 33.1 Å². The van der Waals surface area contributed by atoms with E-state index in [-0.39, 0.29) is 0 Å². The van der Waals surface area contributed by atoms with Gasteiger partial charge in [0.15, 0.2) is 5.82 Å². The third-order valence-corrected chi connectivity index (χ3v) is 4.08. The minimum atomic E-state index is 0.360. The Bertz CT molecular complexity index is 591. The first kappa shape index (κ1) is 15.2. The number of hydrogen-bond donors (Lipinski definition) is 1. The van der Waals surface area contributed by atoms with Gasteiger partial charge in [-0.05, 0) is 41.0 Å². The molecule has 2 aromatic heterocycles. The number of nitrogens with one attached hydrogen (secondary N) is 1. The first-order valence-corrected chi connectivity index (χ1v) is 7.92. The fourth-order valence-electron chi connectivity index (χ4n) is 1.92. The molecule has 0 saturated heterocycles. The standard InChI is InChI=1S/C14H20IN5/c1-5-7-16-14-11(15)12(9(2)3)18-13(19-14)10-6-8-17-20(10)4/h6,8-9H,5,7H2,1-4H3,(H,16,18,19). The molecule has 2 heterocycles. The van der Waals surface area contributed by atoms with Crippen molar-refractivity contribution in [3.8, 4) is 11.5 Å². The SMILES string of the molecule is CCCNc1nc(-c2ccnn2C)nc(C(C)C)c1I. The minimum Gasteiger partial charge on any atom is -0.369 e. The Kier molecular flexibility index (Phi) is 4.95. The summed E-state index contributed by atoms with van der Waals surface area (Å²) < 4.78 is 2.91. The zero-order chi connectivity index (χ0) is 14.7. The van der Waals surface area contributed by atoms with Gasteiger partial charge in [-0.3, -0.25) is 4.68 Å². The summed E-state index contributed by atoms with van der Waals surface area (Å²) in [6.07, 6.45) is 2.84. The lowest BCUT2D eigenvalue weighted by atomic mass is 10.1. The molecule has 0 aliphatic rings. The predicted octanol–water partition coefficient (Wildman–Crippen LogP) is 3.43. The van der Waals surface area contributed by atoms with Gasteiger partial charge in [0.2, 0.25) is 0 Å². The van der Waals surface area contributed by atoms with E-state index in [2.05, 4.69) is 58.8 Å². The Labute approximate surface area is 133 Å². The van der Waals surface area contributed by atoms with Crippen LogP contribution in [-0.4, -0.2) is 26.3 Å². The van der Waals surface area contributed by atoms with E-state index in [1.165, 1.54) is 0 Å². The van der Waals surface area contributed by atoms with Crippen molar-refractivity contribution < 1.29 is 0 Å². The largest absolute Gasteiger partial charge is 0.369 e. The summed E-state index contributed by atoms with van der Waals surface area (Å²) in [5.41, 5.74) is 2.01. The zero-order valence-corrected chi connectivity index (χ0v) is 14.5. The summed E-state index contributed by atoms with van der Waals surface area (Å²) in [5.74, 6) is 2.01. The summed E-state index contributed by atoms with van der Waals surface area (Å²) in [6, 6.07) is 1.94. The Morgan fingerprint density at radius 2 is 2.10 bits per heavy atom. The van der Waals surface area contributed by atoms with E-state index in [9.17, 15) is 0 Å². The highest BCUT2D eigenvalue weighted by atomic mass is 127. The summed E-state index contributed by atoms with van der Waals surface area (Å²) in [6.45, 7) is 7.37. The van der Waals surface area contributed by atoms with Crippen LogP contribution in [0.2, 0.25) is 0 Å². The average molecular weight is 385 g/mol. The van der Waals surface area contributed by atoms with E-state index in [1.54, 1.807) is 10.9 Å². The molecule has 5 nitrogen and oxygen atoms in total. The summed E-state index contributed by atoms with van der Waals surface area (Å²) in [7, 11) is 1.91. The molecule has 0 fully saturated rings. The van der Waals surface area contributed by atoms with Gasteiger partial charge in [0.05, 0.1) is 9.26 Å². The third kappa shape index (κ3) is 3.11. The quantitative estimate of drug-likeness (QED) is 0.802. The maximum absolute atomic E-state index is 4.72. The molecule has 0 bridgehead atoms. The monoisotopic (exact) mass is 385 g/mol. The molecule has 0 saturated carbocycles. The van der Waals surface area contributed by atoms with Crippen LogP contribution in [0.1, 0.15) is 38.8 Å². The van der Waals surface area contributed by atoms with E-state index in [0.717, 1.165) is 39.6 Å². The van der Waals surface area contributed by atoms with Crippen LogP contribution in [0.3, 0.4) is 0 Å². The van der Waals surface area contributed by atoms with E-state index in [0.29, 0.717) is 5.92 Å². The van der Waals surface area contributed by atoms with Crippen LogP contribution < -0.4 is 5.32 Å². The molecule has 0 radical (unpaired) electrons. The number of nitrogens with zero attached hydrogens (tertiary/aromatic N) is 4. The van der Waals surface area contributed by atoms with Gasteiger partial charge in [-0.25, -0.2) is 9.97 Å². The molecule has 108 valence electrons. The van der Waals surface area contributed by atoms with Crippen molar-refractivity contribution in [3.05, 3.63) is 21.5 Å². The van der Waals surface area contributed by atoms with Crippen molar-refractivity contribution in [1.82, 2.24) is 19.7 Å². The van der Waals surface area contributed by atoms with E-state index in [4.69, 9.17) is 4.98 Å². The van der Waals surface area contributed by atoms with Crippen molar-refractivity contribution in [2.75, 3.05) is 11.9 Å². The smallest absolute Gasteiger partial charge is 0.180 e. The number of aromatic nitrogens is 4. The molecule has 0 aliphatic heterocycles. The van der Waals surface area contributed by atoms with Gasteiger partial charge in [0.25, 0.3) is 0 Å². The van der Waals surface area contributed by atoms with Crippen LogP contribution in [0.4, 0.5) is 5.82 Å². The molecular weight excluding hydrogens is 365 g/mol. The lowest BCUT2D eigenvalue weighted by molar-refractivity contribution is 0.761. The Balaban J connectivity index is 2.53. The van der Waals surface area contributed by atoms with Gasteiger partial charge in [-0.1, -0.05) is 20.8 Å². The topological polar surface area (TPSA) is 55.6 Å². The summed E-state index contributed by atoms with van der Waals surface area (Å²) in [5, 5.41) is 7.59. The molecule has 20 heavy (non-hydrogen) atoms. The van der Waals surface area contributed by atoms with Crippen LogP contribution in [0.15, 0.2) is 12.3 Å². The fourth-order valence-corrected chi connectivity index (χ4v) is 2.97. The Morgan fingerprint density at radius 3 is 2.65 bits per heavy atom. The van der Waals surface area contributed by atoms with Crippen molar-refractivity contribution in [1.29, 1.82) is 0 Å². The molecule has 2 aromatic rings. The second-order valence-corrected chi connectivity index (χ2v) is 6.10. The van der Waals surface area contributed by atoms with Gasteiger partial charge in [0, 0.05) is 19.8 Å². The van der Waals surface area contributed by atoms with Crippen molar-refractivity contribution in [3.63, 3.8) is 0 Å². The number of hydrogen-bond acceptors (Lipinski definition) is 4. The lowest BCUT2D eigenvalue weighted by Crippen LogP contribution is -2.11. The highest BCUT2D eigenvalue weighted by molar-refractivity contribution is 14.1. The van der Waals surface area contributed by atoms with Gasteiger partial charge in [-0.2, -0.15) is 5.10 Å². The van der Waals surface area contributed by atoms with Gasteiger partial charge >= 0.3 is 0 Å². The normalized spacial score (nSPS) is 11.1. The third-order valence-electron chi connectivity index (χ3n) is 3.02. The van der Waals surface area contributed by atoms with Crippen LogP contribution in [-0.2, 0) is 7.05 Å². The van der Waals surface area contributed by atoms with Crippen LogP contribution in [0.25, 0.3) is 11.5 Å². The molecule has 0 unspecified atom stereocenters. The minimum absolute atomic E-state index is 0.360. The van der Waals surface area contributed by atoms with Crippen LogP contribution in [0, 0.1) is 3.57 Å². The number of anilines is 1. The molecule has 0 amide bonds. The second kappa shape index (κ2) is 6.51. The van der Waals surface area contributed by atoms with Gasteiger partial charge < -0.3 is 5.32 Å². The zero-order valence-electron chi connectivity index (χ0n) is 12.3. The lowest BCUT2D eigenvalue weighted by Gasteiger charge is -2.14. The maximum atomic E-state index is 4.72.